The second-order valence-electron chi connectivity index (χ2n) is 9.56. The zero-order valence-corrected chi connectivity index (χ0v) is 21.9. The molecule has 0 aliphatic carbocycles. The van der Waals surface area contributed by atoms with Gasteiger partial charge < -0.3 is 14.7 Å². The molecule has 1 amide bonds. The van der Waals surface area contributed by atoms with Gasteiger partial charge in [0, 0.05) is 63.4 Å². The summed E-state index contributed by atoms with van der Waals surface area (Å²) in [5.74, 6) is -0.0958. The van der Waals surface area contributed by atoms with E-state index in [1.807, 2.05) is 40.1 Å². The summed E-state index contributed by atoms with van der Waals surface area (Å²) in [6, 6.07) is 18.6. The normalized spacial score (nSPS) is 17.1. The average molecular weight is 560 g/mol. The molecule has 2 fully saturated rings. The Labute approximate surface area is 225 Å². The van der Waals surface area contributed by atoms with Gasteiger partial charge in [0.25, 0.3) is 15.7 Å². The molecule has 1 aromatic heterocycles. The Kier molecular flexibility index (Phi) is 7.50. The lowest BCUT2D eigenvalue weighted by molar-refractivity contribution is -0.0436. The fourth-order valence-corrected chi connectivity index (χ4v) is 5.63. The molecule has 3 heterocycles. The van der Waals surface area contributed by atoms with Crippen LogP contribution in [-0.4, -0.2) is 80.6 Å². The maximum atomic E-state index is 13.1. The van der Waals surface area contributed by atoms with Crippen molar-refractivity contribution in [2.75, 3.05) is 55.7 Å². The predicted octanol–water partition coefficient (Wildman–Crippen LogP) is 3.62. The number of benzene rings is 2. The summed E-state index contributed by atoms with van der Waals surface area (Å²) in [6.07, 6.45) is 1.64. The summed E-state index contributed by atoms with van der Waals surface area (Å²) in [7, 11) is -5.37. The lowest BCUT2D eigenvalue weighted by Gasteiger charge is -2.36. The van der Waals surface area contributed by atoms with Crippen LogP contribution in [0.15, 0.2) is 77.8 Å². The van der Waals surface area contributed by atoms with E-state index in [9.17, 15) is 26.4 Å². The lowest BCUT2D eigenvalue weighted by atomic mass is 10.2. The number of piperazine rings is 1. The molecule has 2 aliphatic heterocycles. The minimum absolute atomic E-state index is 0.0958. The lowest BCUT2D eigenvalue weighted by Crippen LogP contribution is -2.49. The van der Waals surface area contributed by atoms with Crippen molar-refractivity contribution in [3.8, 4) is 0 Å². The van der Waals surface area contributed by atoms with Gasteiger partial charge in [0.2, 0.25) is 0 Å². The Bertz CT molecular complexity index is 1410. The molecule has 8 nitrogen and oxygen atoms in total. The van der Waals surface area contributed by atoms with E-state index in [1.165, 1.54) is 12.1 Å². The Morgan fingerprint density at radius 2 is 1.46 bits per heavy atom. The van der Waals surface area contributed by atoms with Crippen LogP contribution in [0.25, 0.3) is 0 Å². The van der Waals surface area contributed by atoms with Crippen LogP contribution in [0.4, 0.5) is 24.5 Å². The number of nitrogens with zero attached hydrogens (tertiary/aromatic N) is 5. The number of hydrogen-bond donors (Lipinski definition) is 0. The first-order valence-electron chi connectivity index (χ1n) is 12.5. The van der Waals surface area contributed by atoms with Gasteiger partial charge in [-0.15, -0.1) is 0 Å². The minimum atomic E-state index is -5.37. The van der Waals surface area contributed by atoms with Crippen molar-refractivity contribution < 1.29 is 26.4 Å². The molecule has 5 rings (SSSR count). The van der Waals surface area contributed by atoms with E-state index in [4.69, 9.17) is 0 Å². The summed E-state index contributed by atoms with van der Waals surface area (Å²) in [5, 5.41) is 0. The van der Waals surface area contributed by atoms with Crippen molar-refractivity contribution in [3.05, 3.63) is 84.2 Å². The first kappa shape index (κ1) is 26.9. The van der Waals surface area contributed by atoms with E-state index in [1.54, 1.807) is 6.20 Å². The number of pyridine rings is 1. The van der Waals surface area contributed by atoms with Gasteiger partial charge in [-0.05, 0) is 54.1 Å². The van der Waals surface area contributed by atoms with Crippen molar-refractivity contribution >= 4 is 27.1 Å². The monoisotopic (exact) mass is 559 g/mol. The maximum absolute atomic E-state index is 13.1. The average Bonchev–Trinajstić information content (AvgIpc) is 3.41. The Hall–Kier alpha value is -3.64. The largest absolute Gasteiger partial charge is 0.501 e. The van der Waals surface area contributed by atoms with Crippen molar-refractivity contribution in [2.24, 2.45) is 0 Å². The van der Waals surface area contributed by atoms with Gasteiger partial charge in [-0.3, -0.25) is 14.7 Å². The summed E-state index contributed by atoms with van der Waals surface area (Å²) < 4.78 is 61.6. The number of hydrogen-bond acceptors (Lipinski definition) is 7. The van der Waals surface area contributed by atoms with Gasteiger partial charge >= 0.3 is 5.51 Å². The van der Waals surface area contributed by atoms with Crippen LogP contribution in [0.5, 0.6) is 0 Å². The van der Waals surface area contributed by atoms with Gasteiger partial charge in [-0.2, -0.15) is 13.2 Å². The summed E-state index contributed by atoms with van der Waals surface area (Å²) in [5.41, 5.74) is -2.21. The number of halogens is 3. The third-order valence-electron chi connectivity index (χ3n) is 7.01. The SMILES string of the molecule is O=C(c1cc(CN2CCN(c3ccc(S(=O)(=O)C(F)(F)F)cc3)C2)ccn1)N1CCN(c2ccccc2)CC1. The maximum Gasteiger partial charge on any atom is 0.501 e. The second kappa shape index (κ2) is 10.9. The van der Waals surface area contributed by atoms with Crippen LogP contribution in [0.1, 0.15) is 16.1 Å². The molecular formula is C27H28F3N5O3S. The fraction of sp³-hybridized carbons (Fsp3) is 0.333. The Balaban J connectivity index is 1.17. The second-order valence-corrected chi connectivity index (χ2v) is 11.5. The highest BCUT2D eigenvalue weighted by Crippen LogP contribution is 2.31. The predicted molar refractivity (Wildman–Crippen MR) is 141 cm³/mol. The molecule has 2 saturated heterocycles. The molecule has 39 heavy (non-hydrogen) atoms. The highest BCUT2D eigenvalue weighted by Gasteiger charge is 2.46. The van der Waals surface area contributed by atoms with E-state index < -0.39 is 20.2 Å². The molecule has 0 bridgehead atoms. The molecule has 12 heteroatoms. The number of amides is 1. The summed E-state index contributed by atoms with van der Waals surface area (Å²) in [4.78, 5) is 24.9. The standard InChI is InChI=1S/C27H28F3N5O3S/c28-27(29,30)39(37,38)24-8-6-23(7-9-24)35-13-12-32(20-35)19-21-10-11-31-25(18-21)26(36)34-16-14-33(15-17-34)22-4-2-1-3-5-22/h1-11,18H,12-17,19-20H2. The quantitative estimate of drug-likeness (QED) is 0.457. The number of carbonyl (C=O) groups is 1. The van der Waals surface area contributed by atoms with Crippen molar-refractivity contribution in [2.45, 2.75) is 16.9 Å². The van der Waals surface area contributed by atoms with E-state index >= 15 is 0 Å². The molecule has 206 valence electrons. The van der Waals surface area contributed by atoms with Crippen LogP contribution in [-0.2, 0) is 16.4 Å². The minimum Gasteiger partial charge on any atom is -0.368 e. The van der Waals surface area contributed by atoms with Gasteiger partial charge in [0.05, 0.1) is 11.6 Å². The van der Waals surface area contributed by atoms with Crippen LogP contribution in [0.2, 0.25) is 0 Å². The van der Waals surface area contributed by atoms with Gasteiger partial charge in [-0.25, -0.2) is 8.42 Å². The Morgan fingerprint density at radius 1 is 0.821 bits per heavy atom. The van der Waals surface area contributed by atoms with Gasteiger partial charge in [0.15, 0.2) is 0 Å². The molecule has 2 aliphatic rings. The van der Waals surface area contributed by atoms with Crippen LogP contribution >= 0.6 is 0 Å². The van der Waals surface area contributed by atoms with Crippen molar-refractivity contribution in [1.29, 1.82) is 0 Å². The zero-order valence-electron chi connectivity index (χ0n) is 21.1. The number of carbonyl (C=O) groups excluding carboxylic acids is 1. The van der Waals surface area contributed by atoms with Crippen molar-refractivity contribution in [3.63, 3.8) is 0 Å². The fourth-order valence-electron chi connectivity index (χ4n) is 4.87. The first-order chi connectivity index (χ1) is 18.6. The van der Waals surface area contributed by atoms with E-state index in [-0.39, 0.29) is 5.91 Å². The van der Waals surface area contributed by atoms with Gasteiger partial charge in [-0.1, -0.05) is 18.2 Å². The van der Waals surface area contributed by atoms with E-state index in [0.29, 0.717) is 50.8 Å². The van der Waals surface area contributed by atoms with E-state index in [0.717, 1.165) is 36.5 Å². The van der Waals surface area contributed by atoms with Crippen LogP contribution in [0, 0.1) is 0 Å². The molecule has 0 unspecified atom stereocenters. The molecule has 0 radical (unpaired) electrons. The van der Waals surface area contributed by atoms with Gasteiger partial charge in [0.1, 0.15) is 5.69 Å². The third-order valence-corrected chi connectivity index (χ3v) is 8.51. The zero-order chi connectivity index (χ0) is 27.6. The third kappa shape index (κ3) is 5.86. The number of para-hydroxylation sites is 1. The highest BCUT2D eigenvalue weighted by molar-refractivity contribution is 7.92. The number of sulfone groups is 1. The highest BCUT2D eigenvalue weighted by atomic mass is 32.2. The Morgan fingerprint density at radius 3 is 2.13 bits per heavy atom. The number of rotatable bonds is 6. The molecule has 0 spiro atoms. The number of alkyl halides is 3. The molecular weight excluding hydrogens is 531 g/mol. The molecule has 0 atom stereocenters. The molecule has 3 aromatic rings. The topological polar surface area (TPSA) is 77.1 Å². The van der Waals surface area contributed by atoms with Crippen LogP contribution in [0.3, 0.4) is 0 Å². The first-order valence-corrected chi connectivity index (χ1v) is 14.0. The van der Waals surface area contributed by atoms with E-state index in [2.05, 4.69) is 26.9 Å². The smallest absolute Gasteiger partial charge is 0.368 e. The summed E-state index contributed by atoms with van der Waals surface area (Å²) >= 11 is 0. The number of aromatic nitrogens is 1. The van der Waals surface area contributed by atoms with Crippen molar-refractivity contribution in [1.82, 2.24) is 14.8 Å². The number of anilines is 2. The molecule has 2 aromatic carbocycles. The van der Waals surface area contributed by atoms with Crippen LogP contribution < -0.4 is 9.80 Å². The molecule has 0 N–H and O–H groups in total. The molecule has 0 saturated carbocycles. The summed E-state index contributed by atoms with van der Waals surface area (Å²) in [6.45, 7) is 5.15.